The van der Waals surface area contributed by atoms with Crippen molar-refractivity contribution in [2.24, 2.45) is 17.1 Å². The summed E-state index contributed by atoms with van der Waals surface area (Å²) in [5.74, 6) is 0.467. The largest absolute Gasteiger partial charge is 0.330 e. The number of nitrogens with one attached hydrogen (secondary N) is 1. The maximum Gasteiger partial charge on any atom is 0.226 e. The number of carbonyl (C=O) groups excluding carboxylic acids is 1. The fraction of sp³-hybridized carbons (Fsp3) is 0.786. The van der Waals surface area contributed by atoms with Gasteiger partial charge >= 0.3 is 0 Å². The van der Waals surface area contributed by atoms with Crippen LogP contribution in [0.3, 0.4) is 0 Å². The van der Waals surface area contributed by atoms with Gasteiger partial charge in [-0.3, -0.25) is 4.79 Å². The molecule has 0 aliphatic carbocycles. The molecule has 0 spiro atoms. The summed E-state index contributed by atoms with van der Waals surface area (Å²) in [5, 5.41) is 12.3. The predicted octanol–water partition coefficient (Wildman–Crippen LogP) is 2.83. The molecule has 0 bridgehead atoms. The van der Waals surface area contributed by atoms with Crippen LogP contribution < -0.4 is 11.1 Å². The second kappa shape index (κ2) is 7.69. The van der Waals surface area contributed by atoms with Crippen LogP contribution >= 0.6 is 11.3 Å². The highest BCUT2D eigenvalue weighted by atomic mass is 32.1. The van der Waals surface area contributed by atoms with Gasteiger partial charge in [0.1, 0.15) is 5.01 Å². The Morgan fingerprint density at radius 3 is 2.55 bits per heavy atom. The zero-order valence-electron chi connectivity index (χ0n) is 12.9. The smallest absolute Gasteiger partial charge is 0.226 e. The summed E-state index contributed by atoms with van der Waals surface area (Å²) in [5.41, 5.74) is 5.84. The number of nitrogens with zero attached hydrogens (tertiary/aromatic N) is 2. The first-order valence-electron chi connectivity index (χ1n) is 7.19. The van der Waals surface area contributed by atoms with Crippen LogP contribution in [0.4, 0.5) is 5.13 Å². The molecule has 0 saturated heterocycles. The summed E-state index contributed by atoms with van der Waals surface area (Å²) >= 11 is 1.44. The lowest BCUT2D eigenvalue weighted by Gasteiger charge is -2.30. The number of aryl methyl sites for hydroxylation is 1. The summed E-state index contributed by atoms with van der Waals surface area (Å²) in [4.78, 5) is 11.9. The van der Waals surface area contributed by atoms with E-state index in [9.17, 15) is 4.79 Å². The van der Waals surface area contributed by atoms with Crippen molar-refractivity contribution in [1.82, 2.24) is 10.2 Å². The molecule has 0 fully saturated rings. The van der Waals surface area contributed by atoms with E-state index in [0.717, 1.165) is 24.3 Å². The first-order valence-corrected chi connectivity index (χ1v) is 8.00. The van der Waals surface area contributed by atoms with E-state index < -0.39 is 0 Å². The van der Waals surface area contributed by atoms with Gasteiger partial charge in [0, 0.05) is 6.42 Å². The Kier molecular flexibility index (Phi) is 6.55. The van der Waals surface area contributed by atoms with E-state index in [0.29, 0.717) is 24.0 Å². The number of aromatic nitrogens is 2. The maximum atomic E-state index is 11.9. The number of hydrogen-bond donors (Lipinski definition) is 2. The standard InChI is InChI=1S/C14H26N4OS/c1-5-12-17-18-13(20-12)16-11(19)7-6-10(8-9-15)14(2,3)4/h10H,5-9,15H2,1-4H3,(H,16,18,19). The van der Waals surface area contributed by atoms with Crippen LogP contribution in [0.15, 0.2) is 0 Å². The SMILES string of the molecule is CCc1nnc(NC(=O)CCC(CCN)C(C)(C)C)s1. The van der Waals surface area contributed by atoms with Gasteiger partial charge in [-0.05, 0) is 37.1 Å². The summed E-state index contributed by atoms with van der Waals surface area (Å²) in [6.45, 7) is 9.28. The third-order valence-corrected chi connectivity index (χ3v) is 4.46. The van der Waals surface area contributed by atoms with Crippen molar-refractivity contribution in [2.45, 2.75) is 53.4 Å². The van der Waals surface area contributed by atoms with Gasteiger partial charge in [-0.25, -0.2) is 0 Å². The molecule has 114 valence electrons. The molecule has 0 saturated carbocycles. The van der Waals surface area contributed by atoms with Crippen molar-refractivity contribution in [3.63, 3.8) is 0 Å². The molecule has 1 amide bonds. The van der Waals surface area contributed by atoms with Crippen LogP contribution in [-0.2, 0) is 11.2 Å². The fourth-order valence-electron chi connectivity index (χ4n) is 2.15. The van der Waals surface area contributed by atoms with Crippen molar-refractivity contribution in [3.05, 3.63) is 5.01 Å². The molecule has 6 heteroatoms. The lowest BCUT2D eigenvalue weighted by atomic mass is 9.76. The Balaban J connectivity index is 2.45. The zero-order chi connectivity index (χ0) is 15.2. The molecule has 1 aromatic rings. The van der Waals surface area contributed by atoms with Crippen LogP contribution in [-0.4, -0.2) is 22.6 Å². The molecule has 0 aliphatic rings. The quantitative estimate of drug-likeness (QED) is 0.811. The van der Waals surface area contributed by atoms with Gasteiger partial charge in [-0.2, -0.15) is 0 Å². The van der Waals surface area contributed by atoms with E-state index >= 15 is 0 Å². The first kappa shape index (κ1) is 17.0. The second-order valence-electron chi connectivity index (χ2n) is 6.08. The molecule has 1 heterocycles. The third kappa shape index (κ3) is 5.54. The highest BCUT2D eigenvalue weighted by Crippen LogP contribution is 2.32. The molecule has 1 aromatic heterocycles. The van der Waals surface area contributed by atoms with E-state index in [-0.39, 0.29) is 11.3 Å². The fourth-order valence-corrected chi connectivity index (χ4v) is 2.84. The van der Waals surface area contributed by atoms with E-state index in [4.69, 9.17) is 5.73 Å². The average molecular weight is 298 g/mol. The summed E-state index contributed by atoms with van der Waals surface area (Å²) in [6.07, 6.45) is 3.15. The van der Waals surface area contributed by atoms with Crippen LogP contribution in [0, 0.1) is 11.3 Å². The Labute approximate surface area is 125 Å². The zero-order valence-corrected chi connectivity index (χ0v) is 13.7. The van der Waals surface area contributed by atoms with Gasteiger partial charge in [0.15, 0.2) is 0 Å². The normalized spacial score (nSPS) is 13.2. The third-order valence-electron chi connectivity index (χ3n) is 3.48. The number of nitrogens with two attached hydrogens (primary N) is 1. The van der Waals surface area contributed by atoms with E-state index in [2.05, 4.69) is 36.3 Å². The Morgan fingerprint density at radius 1 is 1.35 bits per heavy atom. The molecular weight excluding hydrogens is 272 g/mol. The topological polar surface area (TPSA) is 80.9 Å². The molecule has 0 aromatic carbocycles. The molecule has 0 aliphatic heterocycles. The number of hydrogen-bond acceptors (Lipinski definition) is 5. The van der Waals surface area contributed by atoms with Crippen LogP contribution in [0.2, 0.25) is 0 Å². The minimum absolute atomic E-state index is 0.00933. The van der Waals surface area contributed by atoms with Crippen molar-refractivity contribution >= 4 is 22.4 Å². The van der Waals surface area contributed by atoms with Gasteiger partial charge in [-0.1, -0.05) is 39.0 Å². The van der Waals surface area contributed by atoms with Crippen LogP contribution in [0.25, 0.3) is 0 Å². The molecule has 1 atom stereocenters. The molecule has 3 N–H and O–H groups in total. The monoisotopic (exact) mass is 298 g/mol. The minimum Gasteiger partial charge on any atom is -0.330 e. The lowest BCUT2D eigenvalue weighted by Crippen LogP contribution is -2.25. The van der Waals surface area contributed by atoms with Crippen molar-refractivity contribution in [3.8, 4) is 0 Å². The summed E-state index contributed by atoms with van der Waals surface area (Å²) < 4.78 is 0. The molecule has 0 radical (unpaired) electrons. The Hall–Kier alpha value is -1.01. The number of anilines is 1. The maximum absolute atomic E-state index is 11.9. The highest BCUT2D eigenvalue weighted by molar-refractivity contribution is 7.15. The summed E-state index contributed by atoms with van der Waals surface area (Å²) in [7, 11) is 0. The molecular formula is C14H26N4OS. The second-order valence-corrected chi connectivity index (χ2v) is 7.14. The summed E-state index contributed by atoms with van der Waals surface area (Å²) in [6, 6.07) is 0. The number of amides is 1. The molecule has 1 unspecified atom stereocenters. The van der Waals surface area contributed by atoms with E-state index in [1.54, 1.807) is 0 Å². The van der Waals surface area contributed by atoms with Crippen molar-refractivity contribution < 1.29 is 4.79 Å². The molecule has 20 heavy (non-hydrogen) atoms. The van der Waals surface area contributed by atoms with E-state index in [1.165, 1.54) is 11.3 Å². The van der Waals surface area contributed by atoms with Gasteiger partial charge in [0.25, 0.3) is 0 Å². The van der Waals surface area contributed by atoms with Crippen LogP contribution in [0.1, 0.15) is 52.0 Å². The average Bonchev–Trinajstić information content (AvgIpc) is 2.80. The predicted molar refractivity (Wildman–Crippen MR) is 83.8 cm³/mol. The molecule has 5 nitrogen and oxygen atoms in total. The van der Waals surface area contributed by atoms with Gasteiger partial charge in [0.2, 0.25) is 11.0 Å². The van der Waals surface area contributed by atoms with E-state index in [1.807, 2.05) is 6.92 Å². The van der Waals surface area contributed by atoms with Gasteiger partial charge in [-0.15, -0.1) is 10.2 Å². The number of carbonyl (C=O) groups is 1. The first-order chi connectivity index (χ1) is 9.36. The minimum atomic E-state index is 0.00933. The van der Waals surface area contributed by atoms with Gasteiger partial charge in [0.05, 0.1) is 0 Å². The van der Waals surface area contributed by atoms with Crippen molar-refractivity contribution in [2.75, 3.05) is 11.9 Å². The Bertz CT molecular complexity index is 425. The van der Waals surface area contributed by atoms with Gasteiger partial charge < -0.3 is 11.1 Å². The molecule has 1 rings (SSSR count). The highest BCUT2D eigenvalue weighted by Gasteiger charge is 2.24. The lowest BCUT2D eigenvalue weighted by molar-refractivity contribution is -0.116. The van der Waals surface area contributed by atoms with Crippen LogP contribution in [0.5, 0.6) is 0 Å². The number of rotatable bonds is 7. The Morgan fingerprint density at radius 2 is 2.05 bits per heavy atom. The van der Waals surface area contributed by atoms with Crippen molar-refractivity contribution in [1.29, 1.82) is 0 Å².